The van der Waals surface area contributed by atoms with E-state index in [1.807, 2.05) is 6.92 Å². The molecule has 58 valence electrons. The highest BCUT2D eigenvalue weighted by atomic mass is 32.2. The summed E-state index contributed by atoms with van der Waals surface area (Å²) in [6.07, 6.45) is 0.722. The van der Waals surface area contributed by atoms with Crippen molar-refractivity contribution in [2.75, 3.05) is 7.11 Å². The van der Waals surface area contributed by atoms with E-state index in [1.165, 1.54) is 11.8 Å². The fourth-order valence-corrected chi connectivity index (χ4v) is 0.744. The molecule has 0 aromatic carbocycles. The first-order valence-electron chi connectivity index (χ1n) is 2.59. The minimum absolute atomic E-state index is 0.512. The maximum atomic E-state index is 9.88. The number of allylic oxidation sites excluding steroid dienone is 2. The quantitative estimate of drug-likeness (QED) is 0.503. The monoisotopic (exact) mass is 160 g/mol. The largest absolute Gasteiger partial charge is 0.400 e. The zero-order valence-electron chi connectivity index (χ0n) is 6.26. The molecule has 0 saturated heterocycles. The van der Waals surface area contributed by atoms with E-state index in [0.29, 0.717) is 4.91 Å². The topological polar surface area (TPSA) is 37.3 Å². The van der Waals surface area contributed by atoms with Gasteiger partial charge in [-0.15, -0.1) is 0 Å². The zero-order valence-corrected chi connectivity index (χ0v) is 7.07. The van der Waals surface area contributed by atoms with Crippen LogP contribution in [0.3, 0.4) is 0 Å². The van der Waals surface area contributed by atoms with E-state index in [9.17, 15) is 4.79 Å². The standard InChI is InChI=1S/C6H8OS.CH4O/c1-5(2)8-6(3)4-7;1-2/h4H,1,3H2,2H3;2H,1H3. The summed E-state index contributed by atoms with van der Waals surface area (Å²) >= 11 is 1.30. The van der Waals surface area contributed by atoms with E-state index < -0.39 is 0 Å². The lowest BCUT2D eigenvalue weighted by Gasteiger charge is -1.91. The first-order valence-corrected chi connectivity index (χ1v) is 3.40. The lowest BCUT2D eigenvalue weighted by atomic mass is 10.7. The van der Waals surface area contributed by atoms with Crippen molar-refractivity contribution in [2.24, 2.45) is 0 Å². The fraction of sp³-hybridized carbons (Fsp3) is 0.286. The second-order valence-electron chi connectivity index (χ2n) is 1.39. The van der Waals surface area contributed by atoms with Crippen LogP contribution in [0.1, 0.15) is 6.92 Å². The lowest BCUT2D eigenvalue weighted by molar-refractivity contribution is -0.104. The Labute approximate surface area is 65.6 Å². The average Bonchev–Trinajstić information content (AvgIpc) is 1.91. The van der Waals surface area contributed by atoms with Crippen molar-refractivity contribution in [3.8, 4) is 0 Å². The predicted molar refractivity (Wildman–Crippen MR) is 45.8 cm³/mol. The third kappa shape index (κ3) is 10.4. The summed E-state index contributed by atoms with van der Waals surface area (Å²) in [5.74, 6) is 0. The third-order valence-corrected chi connectivity index (χ3v) is 1.14. The van der Waals surface area contributed by atoms with Crippen molar-refractivity contribution in [1.82, 2.24) is 0 Å². The highest BCUT2D eigenvalue weighted by Crippen LogP contribution is 2.18. The summed E-state index contributed by atoms with van der Waals surface area (Å²) in [4.78, 5) is 11.3. The number of thioether (sulfide) groups is 1. The van der Waals surface area contributed by atoms with Crippen LogP contribution in [-0.2, 0) is 4.79 Å². The zero-order chi connectivity index (χ0) is 8.57. The Morgan fingerprint density at radius 1 is 1.50 bits per heavy atom. The van der Waals surface area contributed by atoms with Crippen LogP contribution in [0.5, 0.6) is 0 Å². The molecule has 0 radical (unpaired) electrons. The number of aliphatic hydroxyl groups is 1. The Balaban J connectivity index is 0. The second-order valence-corrected chi connectivity index (χ2v) is 2.81. The highest BCUT2D eigenvalue weighted by Gasteiger charge is 1.89. The van der Waals surface area contributed by atoms with Gasteiger partial charge in [-0.05, 0) is 11.8 Å². The number of hydrogen-bond acceptors (Lipinski definition) is 3. The highest BCUT2D eigenvalue weighted by molar-refractivity contribution is 8.07. The van der Waals surface area contributed by atoms with Gasteiger partial charge in [0.2, 0.25) is 0 Å². The molecule has 0 heterocycles. The number of carbonyl (C=O) groups is 1. The van der Waals surface area contributed by atoms with E-state index >= 15 is 0 Å². The molecule has 0 aliphatic heterocycles. The summed E-state index contributed by atoms with van der Waals surface area (Å²) in [6.45, 7) is 8.87. The van der Waals surface area contributed by atoms with E-state index in [4.69, 9.17) is 5.11 Å². The molecular formula is C7H12O2S. The van der Waals surface area contributed by atoms with Gasteiger partial charge >= 0.3 is 0 Å². The van der Waals surface area contributed by atoms with Crippen LogP contribution >= 0.6 is 11.8 Å². The van der Waals surface area contributed by atoms with Crippen LogP contribution in [0.15, 0.2) is 23.0 Å². The van der Waals surface area contributed by atoms with Crippen molar-refractivity contribution in [3.63, 3.8) is 0 Å². The molecule has 0 aliphatic rings. The normalized spacial score (nSPS) is 7.10. The second kappa shape index (κ2) is 8.46. The Morgan fingerprint density at radius 3 is 2.00 bits per heavy atom. The molecule has 3 heteroatoms. The van der Waals surface area contributed by atoms with Crippen molar-refractivity contribution in [2.45, 2.75) is 6.92 Å². The summed E-state index contributed by atoms with van der Waals surface area (Å²) in [5, 5.41) is 7.00. The molecule has 1 N–H and O–H groups in total. The van der Waals surface area contributed by atoms with Crippen LogP contribution in [0.2, 0.25) is 0 Å². The van der Waals surface area contributed by atoms with Crippen LogP contribution < -0.4 is 0 Å². The van der Waals surface area contributed by atoms with Gasteiger partial charge in [0, 0.05) is 12.0 Å². The van der Waals surface area contributed by atoms with Crippen molar-refractivity contribution in [3.05, 3.63) is 23.0 Å². The van der Waals surface area contributed by atoms with E-state index in [-0.39, 0.29) is 0 Å². The summed E-state index contributed by atoms with van der Waals surface area (Å²) in [7, 11) is 1.00. The predicted octanol–water partition coefficient (Wildman–Crippen LogP) is 1.57. The molecule has 0 atom stereocenters. The Hall–Kier alpha value is -0.540. The van der Waals surface area contributed by atoms with Crippen LogP contribution in [0, 0.1) is 0 Å². The minimum Gasteiger partial charge on any atom is -0.400 e. The maximum absolute atomic E-state index is 9.88. The van der Waals surface area contributed by atoms with Crippen molar-refractivity contribution in [1.29, 1.82) is 0 Å². The molecule has 0 aliphatic carbocycles. The van der Waals surface area contributed by atoms with E-state index in [2.05, 4.69) is 13.2 Å². The van der Waals surface area contributed by atoms with Crippen LogP contribution in [-0.4, -0.2) is 18.5 Å². The van der Waals surface area contributed by atoms with Gasteiger partial charge in [0.05, 0.1) is 0 Å². The average molecular weight is 160 g/mol. The number of hydrogen-bond donors (Lipinski definition) is 1. The van der Waals surface area contributed by atoms with Crippen molar-refractivity contribution < 1.29 is 9.90 Å². The lowest BCUT2D eigenvalue weighted by Crippen LogP contribution is -1.71. The number of rotatable bonds is 3. The first kappa shape index (κ1) is 12.2. The molecule has 0 aromatic rings. The van der Waals surface area contributed by atoms with Gasteiger partial charge in [-0.1, -0.05) is 24.9 Å². The molecule has 10 heavy (non-hydrogen) atoms. The fourth-order valence-electron chi connectivity index (χ4n) is 0.248. The van der Waals surface area contributed by atoms with E-state index in [0.717, 1.165) is 18.3 Å². The number of carbonyl (C=O) groups excluding carboxylic acids is 1. The van der Waals surface area contributed by atoms with Crippen LogP contribution in [0.4, 0.5) is 0 Å². The van der Waals surface area contributed by atoms with Gasteiger partial charge in [-0.2, -0.15) is 0 Å². The molecule has 0 bridgehead atoms. The summed E-state index contributed by atoms with van der Waals surface area (Å²) in [6, 6.07) is 0. The SMILES string of the molecule is C=C(C)SC(=C)C=O.CO. The summed E-state index contributed by atoms with van der Waals surface area (Å²) in [5.41, 5.74) is 0. The third-order valence-electron chi connectivity index (χ3n) is 0.437. The first-order chi connectivity index (χ1) is 4.66. The number of aldehydes is 1. The molecule has 0 unspecified atom stereocenters. The number of aliphatic hydroxyl groups excluding tert-OH is 1. The van der Waals surface area contributed by atoms with Gasteiger partial charge in [0.1, 0.15) is 0 Å². The Kier molecular flexibility index (Phi) is 10.3. The maximum Gasteiger partial charge on any atom is 0.156 e. The Morgan fingerprint density at radius 2 is 1.90 bits per heavy atom. The molecule has 2 nitrogen and oxygen atoms in total. The molecule has 0 spiro atoms. The molecule has 0 fully saturated rings. The summed E-state index contributed by atoms with van der Waals surface area (Å²) < 4.78 is 0. The minimum atomic E-state index is 0.512. The van der Waals surface area contributed by atoms with Gasteiger partial charge in [-0.3, -0.25) is 4.79 Å². The van der Waals surface area contributed by atoms with E-state index in [1.54, 1.807) is 0 Å². The van der Waals surface area contributed by atoms with Gasteiger partial charge in [0.15, 0.2) is 6.29 Å². The molecule has 0 rings (SSSR count). The molecular weight excluding hydrogens is 148 g/mol. The molecule has 0 saturated carbocycles. The molecule has 0 aromatic heterocycles. The van der Waals surface area contributed by atoms with Crippen molar-refractivity contribution >= 4 is 18.0 Å². The van der Waals surface area contributed by atoms with Gasteiger partial charge in [0.25, 0.3) is 0 Å². The smallest absolute Gasteiger partial charge is 0.156 e. The van der Waals surface area contributed by atoms with Crippen LogP contribution in [0.25, 0.3) is 0 Å². The molecule has 0 amide bonds. The van der Waals surface area contributed by atoms with Gasteiger partial charge in [-0.25, -0.2) is 0 Å². The Bertz CT molecular complexity index is 130. The van der Waals surface area contributed by atoms with Gasteiger partial charge < -0.3 is 5.11 Å².